The lowest BCUT2D eigenvalue weighted by atomic mass is 9.77. The molecular weight excluding hydrogens is 533 g/mol. The fraction of sp³-hybridized carbons (Fsp3) is 0.250. The Bertz CT molecular complexity index is 1320. The highest BCUT2D eigenvalue weighted by Gasteiger charge is 2.51. The van der Waals surface area contributed by atoms with Crippen molar-refractivity contribution in [3.8, 4) is 0 Å². The van der Waals surface area contributed by atoms with Crippen LogP contribution in [-0.4, -0.2) is 20.5 Å². The third-order valence-electron chi connectivity index (χ3n) is 6.64. The van der Waals surface area contributed by atoms with Crippen LogP contribution in [0.3, 0.4) is 0 Å². The van der Waals surface area contributed by atoms with Crippen molar-refractivity contribution in [3.05, 3.63) is 102 Å². The number of anilines is 1. The number of thioether (sulfide) groups is 1. The summed E-state index contributed by atoms with van der Waals surface area (Å²) < 4.78 is 0. The maximum absolute atomic E-state index is 11.6. The van der Waals surface area contributed by atoms with E-state index in [1.807, 2.05) is 6.07 Å². The lowest BCUT2D eigenvalue weighted by Crippen LogP contribution is -2.31. The average molecular weight is 551 g/mol. The molecule has 11 heteroatoms. The molecule has 5 atom stereocenters. The zero-order chi connectivity index (χ0) is 24.9. The Labute approximate surface area is 220 Å². The van der Waals surface area contributed by atoms with Gasteiger partial charge < -0.3 is 5.32 Å². The molecule has 180 valence electrons. The first kappa shape index (κ1) is 24.2. The topological polar surface area (TPSA) is 98.3 Å². The standard InChI is InChI=1S/C24H18Cl3N3O4S/c25-13-9-15-21-16(11-20(22(21)27)35-19-4-2-1-3-18(19)30(33)34)23(28-24(15)17(26)10-13)12-5-7-14(8-6-12)29(31)32/h1-10,16,20-23,28H,11H2/t16-,20+,21+,22-,23+/m1/s1. The van der Waals surface area contributed by atoms with Crippen molar-refractivity contribution in [2.24, 2.45) is 5.92 Å². The molecule has 0 amide bonds. The highest BCUT2D eigenvalue weighted by molar-refractivity contribution is 8.00. The molecular formula is C24H18Cl3N3O4S. The quantitative estimate of drug-likeness (QED) is 0.197. The van der Waals surface area contributed by atoms with Gasteiger partial charge in [-0.15, -0.1) is 23.4 Å². The molecule has 2 aliphatic rings. The first-order valence-corrected chi connectivity index (χ1v) is 12.9. The largest absolute Gasteiger partial charge is 0.376 e. The summed E-state index contributed by atoms with van der Waals surface area (Å²) >= 11 is 21.4. The van der Waals surface area contributed by atoms with Gasteiger partial charge in [0.15, 0.2) is 0 Å². The number of para-hydroxylation sites is 1. The molecule has 1 heterocycles. The number of nitro benzene ring substituents is 2. The van der Waals surface area contributed by atoms with E-state index < -0.39 is 4.92 Å². The maximum atomic E-state index is 11.6. The van der Waals surface area contributed by atoms with Crippen molar-refractivity contribution in [1.82, 2.24) is 0 Å². The second-order valence-electron chi connectivity index (χ2n) is 8.57. The molecule has 0 radical (unpaired) electrons. The Morgan fingerprint density at radius 3 is 2.37 bits per heavy atom. The normalized spacial score (nSPS) is 24.8. The van der Waals surface area contributed by atoms with Crippen molar-refractivity contribution in [2.75, 3.05) is 5.32 Å². The number of hydrogen-bond donors (Lipinski definition) is 1. The van der Waals surface area contributed by atoms with Crippen LogP contribution in [-0.2, 0) is 0 Å². The van der Waals surface area contributed by atoms with Gasteiger partial charge >= 0.3 is 0 Å². The molecule has 1 saturated carbocycles. The van der Waals surface area contributed by atoms with Gasteiger partial charge in [-0.25, -0.2) is 0 Å². The van der Waals surface area contributed by atoms with Gasteiger partial charge in [0.25, 0.3) is 11.4 Å². The molecule has 3 aromatic carbocycles. The van der Waals surface area contributed by atoms with Gasteiger partial charge in [0.05, 0.1) is 36.9 Å². The number of rotatable bonds is 5. The number of hydrogen-bond acceptors (Lipinski definition) is 6. The maximum Gasteiger partial charge on any atom is 0.282 e. The molecule has 3 aromatic rings. The third-order valence-corrected chi connectivity index (χ3v) is 9.27. The average Bonchev–Trinajstić information content (AvgIpc) is 3.15. The molecule has 1 fully saturated rings. The fourth-order valence-electron chi connectivity index (χ4n) is 5.15. The molecule has 0 unspecified atom stereocenters. The Hall–Kier alpha value is -2.52. The lowest BCUT2D eigenvalue weighted by Gasteiger charge is -2.39. The van der Waals surface area contributed by atoms with Crippen molar-refractivity contribution in [3.63, 3.8) is 0 Å². The van der Waals surface area contributed by atoms with E-state index in [4.69, 9.17) is 34.8 Å². The van der Waals surface area contributed by atoms with Crippen molar-refractivity contribution >= 4 is 63.6 Å². The minimum Gasteiger partial charge on any atom is -0.376 e. The van der Waals surface area contributed by atoms with Crippen LogP contribution in [0.25, 0.3) is 0 Å². The van der Waals surface area contributed by atoms with E-state index in [-0.39, 0.29) is 44.8 Å². The van der Waals surface area contributed by atoms with Gasteiger partial charge in [0.2, 0.25) is 0 Å². The molecule has 0 saturated heterocycles. The molecule has 0 aromatic heterocycles. The summed E-state index contributed by atoms with van der Waals surface area (Å²) in [4.78, 5) is 22.4. The predicted molar refractivity (Wildman–Crippen MR) is 139 cm³/mol. The molecule has 0 bridgehead atoms. The van der Waals surface area contributed by atoms with E-state index in [9.17, 15) is 20.2 Å². The third kappa shape index (κ3) is 4.44. The molecule has 35 heavy (non-hydrogen) atoms. The van der Waals surface area contributed by atoms with Crippen LogP contribution in [0, 0.1) is 26.1 Å². The van der Waals surface area contributed by atoms with E-state index in [0.717, 1.165) is 16.8 Å². The van der Waals surface area contributed by atoms with E-state index in [1.165, 1.54) is 30.0 Å². The molecule has 0 spiro atoms. The molecule has 1 N–H and O–H groups in total. The van der Waals surface area contributed by atoms with Crippen LogP contribution >= 0.6 is 46.6 Å². The predicted octanol–water partition coefficient (Wildman–Crippen LogP) is 7.85. The van der Waals surface area contributed by atoms with Gasteiger partial charge in [-0.3, -0.25) is 20.2 Å². The summed E-state index contributed by atoms with van der Waals surface area (Å²) in [5, 5.41) is 26.7. The first-order valence-electron chi connectivity index (χ1n) is 10.8. The van der Waals surface area contributed by atoms with Crippen LogP contribution in [0.4, 0.5) is 17.1 Å². The number of alkyl halides is 1. The van der Waals surface area contributed by atoms with E-state index in [1.54, 1.807) is 36.4 Å². The fourth-order valence-corrected chi connectivity index (χ4v) is 7.65. The monoisotopic (exact) mass is 549 g/mol. The smallest absolute Gasteiger partial charge is 0.282 e. The van der Waals surface area contributed by atoms with Crippen LogP contribution in [0.5, 0.6) is 0 Å². The van der Waals surface area contributed by atoms with Crippen molar-refractivity contribution in [1.29, 1.82) is 0 Å². The zero-order valence-corrected chi connectivity index (χ0v) is 21.0. The van der Waals surface area contributed by atoms with Gasteiger partial charge in [0.1, 0.15) is 0 Å². The van der Waals surface area contributed by atoms with E-state index in [0.29, 0.717) is 21.4 Å². The van der Waals surface area contributed by atoms with Crippen LogP contribution in [0.2, 0.25) is 10.0 Å². The van der Waals surface area contributed by atoms with Crippen molar-refractivity contribution in [2.45, 2.75) is 33.9 Å². The minimum atomic E-state index is -0.432. The molecule has 1 aliphatic carbocycles. The Kier molecular flexibility index (Phi) is 6.57. The van der Waals surface area contributed by atoms with Gasteiger partial charge in [-0.1, -0.05) is 47.5 Å². The number of fused-ring (bicyclic) bond motifs is 3. The van der Waals surface area contributed by atoms with Crippen LogP contribution in [0.1, 0.15) is 29.5 Å². The minimum absolute atomic E-state index is 0.0118. The van der Waals surface area contributed by atoms with Gasteiger partial charge in [-0.05, 0) is 41.7 Å². The highest BCUT2D eigenvalue weighted by atomic mass is 35.5. The molecule has 7 nitrogen and oxygen atoms in total. The van der Waals surface area contributed by atoms with E-state index in [2.05, 4.69) is 5.32 Å². The number of nitrogens with zero attached hydrogens (tertiary/aromatic N) is 2. The Morgan fingerprint density at radius 2 is 1.69 bits per heavy atom. The summed E-state index contributed by atoms with van der Waals surface area (Å²) in [5.41, 5.74) is 2.59. The van der Waals surface area contributed by atoms with Crippen molar-refractivity contribution < 1.29 is 9.85 Å². The van der Waals surface area contributed by atoms with Crippen LogP contribution in [0.15, 0.2) is 65.6 Å². The number of benzene rings is 3. The first-order chi connectivity index (χ1) is 16.7. The number of nitrogens with one attached hydrogen (secondary N) is 1. The Morgan fingerprint density at radius 1 is 0.971 bits per heavy atom. The highest BCUT2D eigenvalue weighted by Crippen LogP contribution is 2.59. The molecule has 5 rings (SSSR count). The Balaban J connectivity index is 1.55. The number of non-ortho nitro benzene ring substituents is 1. The van der Waals surface area contributed by atoms with Crippen LogP contribution < -0.4 is 5.32 Å². The summed E-state index contributed by atoms with van der Waals surface area (Å²) in [5.74, 6) is -0.106. The zero-order valence-electron chi connectivity index (χ0n) is 17.9. The second-order valence-corrected chi connectivity index (χ2v) is 11.2. The number of halogens is 3. The SMILES string of the molecule is O=[N+]([O-])c1ccc([C@@H]2Nc3c(Cl)cc(Cl)cc3[C@@H]3[C@H](Cl)[C@@H](Sc4ccccc4[N+](=O)[O-])C[C@H]32)cc1. The summed E-state index contributed by atoms with van der Waals surface area (Å²) in [7, 11) is 0. The molecule has 1 aliphatic heterocycles. The summed E-state index contributed by atoms with van der Waals surface area (Å²) in [6.45, 7) is 0. The number of nitro groups is 2. The lowest BCUT2D eigenvalue weighted by molar-refractivity contribution is -0.387. The van der Waals surface area contributed by atoms with E-state index >= 15 is 0 Å². The summed E-state index contributed by atoms with van der Waals surface area (Å²) in [6.07, 6.45) is 0.674. The summed E-state index contributed by atoms with van der Waals surface area (Å²) in [6, 6.07) is 16.4. The second kappa shape index (κ2) is 9.50. The van der Waals surface area contributed by atoms with Gasteiger partial charge in [-0.2, -0.15) is 0 Å². The van der Waals surface area contributed by atoms with Gasteiger partial charge in [0, 0.05) is 34.4 Å².